The van der Waals surface area contributed by atoms with Crippen molar-refractivity contribution < 1.29 is 4.79 Å². The maximum absolute atomic E-state index is 12.1. The molecule has 0 radical (unpaired) electrons. The molecule has 112 valence electrons. The minimum atomic E-state index is -0.0892. The Morgan fingerprint density at radius 1 is 1.30 bits per heavy atom. The Kier molecular flexibility index (Phi) is 7.03. The molecule has 0 aliphatic rings. The van der Waals surface area contributed by atoms with Crippen molar-refractivity contribution in [1.29, 1.82) is 0 Å². The van der Waals surface area contributed by atoms with E-state index in [-0.39, 0.29) is 17.9 Å². The van der Waals surface area contributed by atoms with Crippen LogP contribution in [0.25, 0.3) is 0 Å². The molecule has 0 aromatic heterocycles. The van der Waals surface area contributed by atoms with E-state index in [1.165, 1.54) is 0 Å². The van der Waals surface area contributed by atoms with Crippen molar-refractivity contribution in [3.63, 3.8) is 0 Å². The molecule has 3 nitrogen and oxygen atoms in total. The molecule has 0 aliphatic heterocycles. The molecule has 2 atom stereocenters. The van der Waals surface area contributed by atoms with Gasteiger partial charge in [-0.3, -0.25) is 4.79 Å². The van der Waals surface area contributed by atoms with Gasteiger partial charge < -0.3 is 11.1 Å². The fourth-order valence-electron chi connectivity index (χ4n) is 2.40. The van der Waals surface area contributed by atoms with Gasteiger partial charge in [0.05, 0.1) is 6.04 Å². The van der Waals surface area contributed by atoms with Crippen LogP contribution in [0.4, 0.5) is 0 Å². The van der Waals surface area contributed by atoms with Gasteiger partial charge in [0.1, 0.15) is 0 Å². The van der Waals surface area contributed by atoms with E-state index in [9.17, 15) is 4.79 Å². The number of carbonyl (C=O) groups excluding carboxylic acids is 1. The maximum atomic E-state index is 12.1. The van der Waals surface area contributed by atoms with E-state index >= 15 is 0 Å². The van der Waals surface area contributed by atoms with Crippen LogP contribution in [0.15, 0.2) is 24.3 Å². The molecule has 1 unspecified atom stereocenters. The second-order valence-corrected chi connectivity index (χ2v) is 6.15. The van der Waals surface area contributed by atoms with Gasteiger partial charge in [0.15, 0.2) is 0 Å². The fourth-order valence-corrected chi connectivity index (χ4v) is 2.70. The van der Waals surface area contributed by atoms with Crippen LogP contribution >= 0.6 is 11.6 Å². The summed E-state index contributed by atoms with van der Waals surface area (Å²) < 4.78 is 0. The predicted octanol–water partition coefficient (Wildman–Crippen LogP) is 3.53. The highest BCUT2D eigenvalue weighted by atomic mass is 35.5. The maximum Gasteiger partial charge on any atom is 0.220 e. The molecule has 1 aromatic rings. The van der Waals surface area contributed by atoms with Gasteiger partial charge in [-0.25, -0.2) is 0 Å². The number of carbonyl (C=O) groups is 1. The Morgan fingerprint density at radius 3 is 2.50 bits per heavy atom. The molecule has 1 rings (SSSR count). The lowest BCUT2D eigenvalue weighted by Crippen LogP contribution is -2.30. The summed E-state index contributed by atoms with van der Waals surface area (Å²) in [5.74, 6) is 0.833. The third-order valence-corrected chi connectivity index (χ3v) is 3.71. The van der Waals surface area contributed by atoms with Crippen molar-refractivity contribution >= 4 is 17.5 Å². The molecule has 1 amide bonds. The Hall–Kier alpha value is -1.06. The molecule has 4 heteroatoms. The summed E-state index contributed by atoms with van der Waals surface area (Å²) >= 11 is 6.13. The number of rotatable bonds is 7. The molecule has 0 fully saturated rings. The van der Waals surface area contributed by atoms with Gasteiger partial charge >= 0.3 is 0 Å². The van der Waals surface area contributed by atoms with Crippen LogP contribution < -0.4 is 11.1 Å². The average molecular weight is 297 g/mol. The van der Waals surface area contributed by atoms with Crippen molar-refractivity contribution in [2.75, 3.05) is 6.54 Å². The Balaban J connectivity index is 2.55. The molecule has 1 aromatic carbocycles. The minimum Gasteiger partial charge on any atom is -0.350 e. The number of benzene rings is 1. The molecule has 0 aliphatic carbocycles. The zero-order valence-corrected chi connectivity index (χ0v) is 13.3. The number of amides is 1. The Labute approximate surface area is 126 Å². The van der Waals surface area contributed by atoms with E-state index in [1.807, 2.05) is 31.2 Å². The highest BCUT2D eigenvalue weighted by Crippen LogP contribution is 2.22. The molecule has 0 saturated heterocycles. The highest BCUT2D eigenvalue weighted by molar-refractivity contribution is 6.31. The van der Waals surface area contributed by atoms with E-state index < -0.39 is 0 Å². The smallest absolute Gasteiger partial charge is 0.220 e. The summed E-state index contributed by atoms with van der Waals surface area (Å²) in [5, 5.41) is 3.67. The van der Waals surface area contributed by atoms with Gasteiger partial charge in [0.2, 0.25) is 5.91 Å². The molecule has 20 heavy (non-hydrogen) atoms. The summed E-state index contributed by atoms with van der Waals surface area (Å²) in [6, 6.07) is 7.48. The van der Waals surface area contributed by atoms with Crippen LogP contribution in [0.1, 0.15) is 45.2 Å². The van der Waals surface area contributed by atoms with Crippen LogP contribution in [-0.2, 0) is 4.79 Å². The minimum absolute atomic E-state index is 0.0357. The molecule has 0 spiro atoms. The first-order valence-corrected chi connectivity index (χ1v) is 7.55. The number of hydrogen-bond acceptors (Lipinski definition) is 2. The van der Waals surface area contributed by atoms with Crippen LogP contribution in [0, 0.1) is 11.8 Å². The normalized spacial score (nSPS) is 14.1. The highest BCUT2D eigenvalue weighted by Gasteiger charge is 2.17. The van der Waals surface area contributed by atoms with Gasteiger partial charge in [-0.15, -0.1) is 0 Å². The van der Waals surface area contributed by atoms with E-state index in [2.05, 4.69) is 19.2 Å². The summed E-state index contributed by atoms with van der Waals surface area (Å²) in [4.78, 5) is 12.1. The average Bonchev–Trinajstić information content (AvgIpc) is 2.37. The number of halogens is 1. The first-order chi connectivity index (χ1) is 9.43. The van der Waals surface area contributed by atoms with Crippen molar-refractivity contribution in [2.24, 2.45) is 17.6 Å². The zero-order chi connectivity index (χ0) is 15.1. The van der Waals surface area contributed by atoms with Gasteiger partial charge in [-0.05, 0) is 43.4 Å². The second kappa shape index (κ2) is 8.28. The monoisotopic (exact) mass is 296 g/mol. The van der Waals surface area contributed by atoms with Crippen molar-refractivity contribution in [3.05, 3.63) is 34.9 Å². The van der Waals surface area contributed by atoms with Gasteiger partial charge in [-0.2, -0.15) is 0 Å². The van der Waals surface area contributed by atoms with Crippen molar-refractivity contribution in [3.8, 4) is 0 Å². The fraction of sp³-hybridized carbons (Fsp3) is 0.562. The molecule has 0 heterocycles. The van der Waals surface area contributed by atoms with Crippen LogP contribution in [0.2, 0.25) is 5.02 Å². The van der Waals surface area contributed by atoms with E-state index in [4.69, 9.17) is 17.3 Å². The quantitative estimate of drug-likeness (QED) is 0.809. The summed E-state index contributed by atoms with van der Waals surface area (Å²) in [6.07, 6.45) is 1.45. The zero-order valence-electron chi connectivity index (χ0n) is 12.5. The van der Waals surface area contributed by atoms with Gasteiger partial charge in [-0.1, -0.05) is 43.6 Å². The molecule has 0 bridgehead atoms. The number of hydrogen-bond donors (Lipinski definition) is 2. The third kappa shape index (κ3) is 5.51. The Bertz CT molecular complexity index is 434. The van der Waals surface area contributed by atoms with Crippen molar-refractivity contribution in [1.82, 2.24) is 5.32 Å². The first kappa shape index (κ1) is 17.0. The van der Waals surface area contributed by atoms with Crippen molar-refractivity contribution in [2.45, 2.75) is 39.7 Å². The van der Waals surface area contributed by atoms with Gasteiger partial charge in [0, 0.05) is 11.4 Å². The van der Waals surface area contributed by atoms with E-state index in [0.717, 1.165) is 12.0 Å². The van der Waals surface area contributed by atoms with Crippen LogP contribution in [-0.4, -0.2) is 12.5 Å². The van der Waals surface area contributed by atoms with Crippen LogP contribution in [0.3, 0.4) is 0 Å². The molecule has 0 saturated carbocycles. The topological polar surface area (TPSA) is 55.1 Å². The largest absolute Gasteiger partial charge is 0.350 e. The standard InChI is InChI=1S/C16H25ClN2O/c1-11(2)8-13(10-18)9-16(20)19-12(3)14-6-4-5-7-15(14)17/h4-7,11-13H,8-10,18H2,1-3H3,(H,19,20)/t12?,13-/m0/s1. The molecular formula is C16H25ClN2O. The van der Waals surface area contributed by atoms with E-state index in [0.29, 0.717) is 23.9 Å². The summed E-state index contributed by atoms with van der Waals surface area (Å²) in [7, 11) is 0. The molecular weight excluding hydrogens is 272 g/mol. The number of nitrogens with two attached hydrogens (primary N) is 1. The number of nitrogens with one attached hydrogen (secondary N) is 1. The summed E-state index contributed by atoms with van der Waals surface area (Å²) in [6.45, 7) is 6.78. The SMILES string of the molecule is CC(C)C[C@H](CN)CC(=O)NC(C)c1ccccc1Cl. The lowest BCUT2D eigenvalue weighted by Gasteiger charge is -2.20. The Morgan fingerprint density at radius 2 is 1.95 bits per heavy atom. The second-order valence-electron chi connectivity index (χ2n) is 5.75. The molecule has 3 N–H and O–H groups in total. The first-order valence-electron chi connectivity index (χ1n) is 7.17. The predicted molar refractivity (Wildman–Crippen MR) is 84.6 cm³/mol. The van der Waals surface area contributed by atoms with Gasteiger partial charge in [0.25, 0.3) is 0 Å². The van der Waals surface area contributed by atoms with Crippen LogP contribution in [0.5, 0.6) is 0 Å². The lowest BCUT2D eigenvalue weighted by atomic mass is 9.94. The van der Waals surface area contributed by atoms with E-state index in [1.54, 1.807) is 0 Å². The lowest BCUT2D eigenvalue weighted by molar-refractivity contribution is -0.122. The third-order valence-electron chi connectivity index (χ3n) is 3.36. The summed E-state index contributed by atoms with van der Waals surface area (Å²) in [5.41, 5.74) is 6.67.